The minimum atomic E-state index is -2.87. The van der Waals surface area contributed by atoms with Gasteiger partial charge in [0.05, 0.1) is 15.9 Å². The molecule has 0 amide bonds. The lowest BCUT2D eigenvalue weighted by atomic mass is 9.96. The van der Waals surface area contributed by atoms with Crippen molar-refractivity contribution in [2.75, 3.05) is 5.32 Å². The number of fused-ring (bicyclic) bond motifs is 1. The maximum Gasteiger partial charge on any atom is 0.387 e. The number of hydrogen-bond acceptors (Lipinski definition) is 5. The van der Waals surface area contributed by atoms with Gasteiger partial charge in [-0.05, 0) is 40.5 Å². The molecule has 0 spiro atoms. The third-order valence-corrected chi connectivity index (χ3v) is 5.80. The van der Waals surface area contributed by atoms with Gasteiger partial charge in [0.25, 0.3) is 0 Å². The lowest BCUT2D eigenvalue weighted by Crippen LogP contribution is -2.28. The highest BCUT2D eigenvalue weighted by Gasteiger charge is 2.32. The van der Waals surface area contributed by atoms with E-state index >= 15 is 0 Å². The van der Waals surface area contributed by atoms with Crippen LogP contribution in [0.2, 0.25) is 0 Å². The van der Waals surface area contributed by atoms with Crippen molar-refractivity contribution in [3.63, 3.8) is 0 Å². The summed E-state index contributed by atoms with van der Waals surface area (Å²) >= 11 is 5.11. The molecule has 1 N–H and O–H groups in total. The molecule has 0 bridgehead atoms. The van der Waals surface area contributed by atoms with Crippen LogP contribution in [0.15, 0.2) is 46.5 Å². The van der Waals surface area contributed by atoms with E-state index in [2.05, 4.69) is 31.3 Å². The van der Waals surface area contributed by atoms with Gasteiger partial charge in [-0.3, -0.25) is 0 Å². The van der Waals surface area contributed by atoms with Crippen molar-refractivity contribution in [3.05, 3.63) is 57.0 Å². The maximum atomic E-state index is 12.8. The van der Waals surface area contributed by atoms with Gasteiger partial charge >= 0.3 is 6.61 Å². The molecule has 2 atom stereocenters. The van der Waals surface area contributed by atoms with Gasteiger partial charge < -0.3 is 10.1 Å². The average molecular weight is 427 g/mol. The Morgan fingerprint density at radius 2 is 2.12 bits per heavy atom. The number of nitrogens with one attached hydrogen (secondary N) is 1. The number of thiophene rings is 1. The summed E-state index contributed by atoms with van der Waals surface area (Å²) in [7, 11) is 0. The van der Waals surface area contributed by atoms with Crippen molar-refractivity contribution in [2.45, 2.75) is 25.1 Å². The van der Waals surface area contributed by atoms with Crippen LogP contribution in [0.25, 0.3) is 0 Å². The lowest BCUT2D eigenvalue weighted by molar-refractivity contribution is -0.0507. The van der Waals surface area contributed by atoms with Crippen molar-refractivity contribution < 1.29 is 13.5 Å². The van der Waals surface area contributed by atoms with E-state index in [1.807, 2.05) is 18.2 Å². The zero-order valence-corrected chi connectivity index (χ0v) is 15.2. The molecule has 0 saturated heterocycles. The highest BCUT2D eigenvalue weighted by molar-refractivity contribution is 9.11. The van der Waals surface area contributed by atoms with Crippen LogP contribution < -0.4 is 10.1 Å². The van der Waals surface area contributed by atoms with Gasteiger partial charge in [-0.2, -0.15) is 18.9 Å². The van der Waals surface area contributed by atoms with E-state index in [1.165, 1.54) is 6.33 Å². The Balaban J connectivity index is 1.74. The number of nitrogens with zero attached hydrogens (tertiary/aromatic N) is 3. The van der Waals surface area contributed by atoms with Crippen molar-refractivity contribution in [3.8, 4) is 5.75 Å². The number of aromatic nitrogens is 3. The fourth-order valence-electron chi connectivity index (χ4n) is 3.04. The second-order valence-corrected chi connectivity index (χ2v) is 8.03. The summed E-state index contributed by atoms with van der Waals surface area (Å²) in [6, 6.07) is 10.6. The summed E-state index contributed by atoms with van der Waals surface area (Å²) in [5.74, 6) is 0.773. The molecule has 3 heterocycles. The van der Waals surface area contributed by atoms with Crippen LogP contribution >= 0.6 is 27.3 Å². The third-order valence-electron chi connectivity index (χ3n) is 4.06. The van der Waals surface area contributed by atoms with Crippen molar-refractivity contribution in [1.82, 2.24) is 14.8 Å². The van der Waals surface area contributed by atoms with E-state index in [4.69, 9.17) is 4.74 Å². The number of benzene rings is 1. The summed E-state index contributed by atoms with van der Waals surface area (Å²) in [5, 5.41) is 7.62. The molecule has 0 aliphatic carbocycles. The predicted octanol–water partition coefficient (Wildman–Crippen LogP) is 4.85. The molecule has 5 nitrogen and oxygen atoms in total. The Morgan fingerprint density at radius 1 is 1.28 bits per heavy atom. The largest absolute Gasteiger partial charge is 0.434 e. The smallest absolute Gasteiger partial charge is 0.387 e. The van der Waals surface area contributed by atoms with Gasteiger partial charge in [-0.25, -0.2) is 4.68 Å². The SMILES string of the molecule is FC(F)Oc1ccccc1[C@H]1C[C@H](c2ccc(Br)s2)Nc2ncnn21. The van der Waals surface area contributed by atoms with Gasteiger partial charge in [0.1, 0.15) is 12.1 Å². The van der Waals surface area contributed by atoms with E-state index in [0.29, 0.717) is 17.9 Å². The Hall–Kier alpha value is -2.00. The molecule has 1 aliphatic rings. The highest BCUT2D eigenvalue weighted by Crippen LogP contribution is 2.42. The van der Waals surface area contributed by atoms with Gasteiger partial charge in [-0.15, -0.1) is 11.3 Å². The fraction of sp³-hybridized carbons (Fsp3) is 0.250. The van der Waals surface area contributed by atoms with Crippen LogP contribution in [-0.4, -0.2) is 21.4 Å². The molecule has 25 heavy (non-hydrogen) atoms. The number of ether oxygens (including phenoxy) is 1. The molecular weight excluding hydrogens is 414 g/mol. The standard InChI is InChI=1S/C16H13BrF2N4OS/c17-14-6-5-13(25-14)10-7-11(23-16(22-10)20-8-21-23)9-3-1-2-4-12(9)24-15(18)19/h1-6,8,10-11,15H,7H2,(H,20,21,22)/t10-,11-/m1/s1. The van der Waals surface area contributed by atoms with Crippen LogP contribution in [-0.2, 0) is 0 Å². The zero-order chi connectivity index (χ0) is 17.4. The van der Waals surface area contributed by atoms with Crippen LogP contribution in [0.5, 0.6) is 5.75 Å². The van der Waals surface area contributed by atoms with Crippen LogP contribution in [0, 0.1) is 0 Å². The minimum Gasteiger partial charge on any atom is -0.434 e. The number of rotatable bonds is 4. The number of alkyl halides is 2. The second kappa shape index (κ2) is 6.72. The molecule has 0 fully saturated rings. The first kappa shape index (κ1) is 16.5. The Labute approximate surface area is 154 Å². The van der Waals surface area contributed by atoms with E-state index in [1.54, 1.807) is 34.2 Å². The normalized spacial score (nSPS) is 19.5. The van der Waals surface area contributed by atoms with Crippen LogP contribution in [0.4, 0.5) is 14.7 Å². The van der Waals surface area contributed by atoms with Gasteiger partial charge in [-0.1, -0.05) is 18.2 Å². The average Bonchev–Trinajstić information content (AvgIpc) is 3.22. The van der Waals surface area contributed by atoms with Crippen LogP contribution in [0.1, 0.15) is 28.9 Å². The molecule has 3 aromatic rings. The molecular formula is C16H13BrF2N4OS. The topological polar surface area (TPSA) is 52.0 Å². The predicted molar refractivity (Wildman–Crippen MR) is 94.2 cm³/mol. The monoisotopic (exact) mass is 426 g/mol. The van der Waals surface area contributed by atoms with E-state index in [9.17, 15) is 8.78 Å². The molecule has 0 saturated carbocycles. The maximum absolute atomic E-state index is 12.8. The van der Waals surface area contributed by atoms with Crippen molar-refractivity contribution in [1.29, 1.82) is 0 Å². The molecule has 9 heteroatoms. The fourth-order valence-corrected chi connectivity index (χ4v) is 4.53. The molecule has 4 rings (SSSR count). The van der Waals surface area contributed by atoms with Crippen LogP contribution in [0.3, 0.4) is 0 Å². The highest BCUT2D eigenvalue weighted by atomic mass is 79.9. The summed E-state index contributed by atoms with van der Waals surface area (Å²) in [5.41, 5.74) is 0.664. The third kappa shape index (κ3) is 3.25. The van der Waals surface area contributed by atoms with Gasteiger partial charge in [0.15, 0.2) is 0 Å². The Bertz CT molecular complexity index is 884. The van der Waals surface area contributed by atoms with E-state index < -0.39 is 6.61 Å². The first-order chi connectivity index (χ1) is 12.1. The summed E-state index contributed by atoms with van der Waals surface area (Å²) in [6.45, 7) is -2.87. The van der Waals surface area contributed by atoms with E-state index in [0.717, 1.165) is 8.66 Å². The quantitative estimate of drug-likeness (QED) is 0.647. The van der Waals surface area contributed by atoms with Crippen molar-refractivity contribution in [2.24, 2.45) is 0 Å². The molecule has 1 aromatic carbocycles. The summed E-state index contributed by atoms with van der Waals surface area (Å²) < 4.78 is 33.0. The Kier molecular flexibility index (Phi) is 4.43. The van der Waals surface area contributed by atoms with E-state index in [-0.39, 0.29) is 17.8 Å². The lowest BCUT2D eigenvalue weighted by Gasteiger charge is -2.31. The second-order valence-electron chi connectivity index (χ2n) is 5.53. The number of halogens is 3. The molecule has 0 unspecified atom stereocenters. The zero-order valence-electron chi connectivity index (χ0n) is 12.8. The number of anilines is 1. The molecule has 1 aliphatic heterocycles. The first-order valence-electron chi connectivity index (χ1n) is 7.57. The molecule has 130 valence electrons. The minimum absolute atomic E-state index is 0.0117. The molecule has 0 radical (unpaired) electrons. The first-order valence-corrected chi connectivity index (χ1v) is 9.18. The summed E-state index contributed by atoms with van der Waals surface area (Å²) in [4.78, 5) is 5.39. The number of hydrogen-bond donors (Lipinski definition) is 1. The van der Waals surface area contributed by atoms with Crippen molar-refractivity contribution >= 4 is 33.2 Å². The Morgan fingerprint density at radius 3 is 2.88 bits per heavy atom. The molecule has 2 aromatic heterocycles. The van der Waals surface area contributed by atoms with Gasteiger partial charge in [0, 0.05) is 10.4 Å². The van der Waals surface area contributed by atoms with Gasteiger partial charge in [0.2, 0.25) is 5.95 Å². The number of para-hydroxylation sites is 1. The summed E-state index contributed by atoms with van der Waals surface area (Å²) in [6.07, 6.45) is 2.10.